The molecule has 1 amide bonds. The number of hydrogen-bond donors (Lipinski definition) is 1. The fraction of sp³-hybridized carbons (Fsp3) is 0.0286. The Bertz CT molecular complexity index is 1960. The van der Waals surface area contributed by atoms with Gasteiger partial charge in [-0.3, -0.25) is 4.79 Å². The monoisotopic (exact) mass is 532 g/mol. The molecule has 0 saturated carbocycles. The van der Waals surface area contributed by atoms with Crippen LogP contribution in [0.2, 0.25) is 0 Å². The number of fused-ring (bicyclic) bond motifs is 2. The molecule has 1 heterocycles. The lowest BCUT2D eigenvalue weighted by Gasteiger charge is -2.13. The molecule has 6 nitrogen and oxygen atoms in total. The molecule has 0 bridgehead atoms. The highest BCUT2D eigenvalue weighted by molar-refractivity contribution is 6.08. The Hall–Kier alpha value is -5.80. The van der Waals surface area contributed by atoms with Gasteiger partial charge in [0.25, 0.3) is 5.91 Å². The third-order valence-corrected chi connectivity index (χ3v) is 6.84. The van der Waals surface area contributed by atoms with Crippen LogP contribution in [0.1, 0.15) is 27.0 Å². The van der Waals surface area contributed by atoms with E-state index in [0.29, 0.717) is 22.6 Å². The van der Waals surface area contributed by atoms with Crippen molar-refractivity contribution in [1.82, 2.24) is 10.4 Å². The summed E-state index contributed by atoms with van der Waals surface area (Å²) in [4.78, 5) is 18.2. The molecule has 0 aliphatic heterocycles. The van der Waals surface area contributed by atoms with Gasteiger partial charge in [0.15, 0.2) is 0 Å². The van der Waals surface area contributed by atoms with E-state index in [1.54, 1.807) is 18.3 Å². The van der Waals surface area contributed by atoms with Crippen molar-refractivity contribution in [1.29, 1.82) is 5.26 Å². The second-order valence-corrected chi connectivity index (χ2v) is 9.39. The first-order valence-corrected chi connectivity index (χ1v) is 13.1. The lowest BCUT2D eigenvalue weighted by Crippen LogP contribution is -2.18. The van der Waals surface area contributed by atoms with Gasteiger partial charge in [0.2, 0.25) is 0 Å². The molecule has 0 fully saturated rings. The number of nitrogens with one attached hydrogen (secondary N) is 1. The second-order valence-electron chi connectivity index (χ2n) is 9.39. The van der Waals surface area contributed by atoms with Crippen LogP contribution < -0.4 is 10.2 Å². The molecule has 1 aromatic heterocycles. The zero-order chi connectivity index (χ0) is 28.0. The van der Waals surface area contributed by atoms with Crippen LogP contribution in [-0.2, 0) is 6.61 Å². The summed E-state index contributed by atoms with van der Waals surface area (Å²) in [5.41, 5.74) is 7.63. The fourth-order valence-electron chi connectivity index (χ4n) is 4.78. The number of aromatic nitrogens is 1. The van der Waals surface area contributed by atoms with Gasteiger partial charge in [-0.05, 0) is 35.0 Å². The highest BCUT2D eigenvalue weighted by Gasteiger charge is 2.14. The number of nitriles is 1. The molecule has 6 rings (SSSR count). The Morgan fingerprint density at radius 1 is 0.854 bits per heavy atom. The van der Waals surface area contributed by atoms with E-state index < -0.39 is 0 Å². The van der Waals surface area contributed by atoms with Crippen molar-refractivity contribution < 1.29 is 9.53 Å². The molecule has 0 saturated heterocycles. The number of carbonyl (C=O) groups excluding carboxylic acids is 1. The van der Waals surface area contributed by atoms with Gasteiger partial charge in [-0.25, -0.2) is 10.4 Å². The van der Waals surface area contributed by atoms with Crippen LogP contribution in [0.3, 0.4) is 0 Å². The minimum absolute atomic E-state index is 0.223. The summed E-state index contributed by atoms with van der Waals surface area (Å²) >= 11 is 0. The SMILES string of the molecule is N#Cc1ccccc1COc1ccc2ccccc2c1/C=N\NC(=O)c1cc(-c2ccccc2)nc2ccccc12. The zero-order valence-electron chi connectivity index (χ0n) is 22.0. The number of amides is 1. The van der Waals surface area contributed by atoms with Crippen LogP contribution in [0.5, 0.6) is 5.75 Å². The summed E-state index contributed by atoms with van der Waals surface area (Å²) in [6.07, 6.45) is 1.60. The Balaban J connectivity index is 1.32. The minimum atomic E-state index is -0.345. The smallest absolute Gasteiger partial charge is 0.272 e. The van der Waals surface area contributed by atoms with E-state index in [9.17, 15) is 10.1 Å². The molecule has 1 N–H and O–H groups in total. The van der Waals surface area contributed by atoms with Crippen LogP contribution in [0.15, 0.2) is 126 Å². The molecule has 196 valence electrons. The number of hydrogen-bond acceptors (Lipinski definition) is 5. The molecule has 0 aliphatic carbocycles. The van der Waals surface area contributed by atoms with E-state index in [1.807, 2.05) is 109 Å². The minimum Gasteiger partial charge on any atom is -0.488 e. The number of ether oxygens (including phenoxy) is 1. The first-order valence-electron chi connectivity index (χ1n) is 13.1. The van der Waals surface area contributed by atoms with Gasteiger partial charge >= 0.3 is 0 Å². The van der Waals surface area contributed by atoms with Gasteiger partial charge in [0.05, 0.1) is 34.6 Å². The van der Waals surface area contributed by atoms with Crippen molar-refractivity contribution >= 4 is 33.8 Å². The normalized spacial score (nSPS) is 11.0. The molecule has 41 heavy (non-hydrogen) atoms. The second kappa shape index (κ2) is 11.5. The van der Waals surface area contributed by atoms with Crippen LogP contribution in [0.25, 0.3) is 32.9 Å². The van der Waals surface area contributed by atoms with Crippen molar-refractivity contribution in [3.63, 3.8) is 0 Å². The number of para-hydroxylation sites is 1. The standard InChI is InChI=1S/C35H24N4O2/c36-21-26-13-4-5-14-27(26)23-41-34-19-18-24-10-6-7-15-28(24)31(34)22-37-39-35(40)30-20-33(25-11-2-1-3-12-25)38-32-17-9-8-16-29(30)32/h1-20,22H,23H2,(H,39,40)/b37-22-. The molecule has 0 atom stereocenters. The van der Waals surface area contributed by atoms with Crippen LogP contribution in [0.4, 0.5) is 0 Å². The quantitative estimate of drug-likeness (QED) is 0.173. The predicted molar refractivity (Wildman–Crippen MR) is 162 cm³/mol. The van der Waals surface area contributed by atoms with Crippen LogP contribution in [0, 0.1) is 11.3 Å². The molecule has 6 heteroatoms. The molecule has 5 aromatic carbocycles. The van der Waals surface area contributed by atoms with Gasteiger partial charge in [0, 0.05) is 22.1 Å². The molecule has 6 aromatic rings. The zero-order valence-corrected chi connectivity index (χ0v) is 22.0. The first kappa shape index (κ1) is 25.5. The third kappa shape index (κ3) is 5.38. The average molecular weight is 533 g/mol. The number of nitrogens with zero attached hydrogens (tertiary/aromatic N) is 3. The Morgan fingerprint density at radius 2 is 1.59 bits per heavy atom. The van der Waals surface area contributed by atoms with E-state index in [0.717, 1.165) is 38.4 Å². The Morgan fingerprint density at radius 3 is 2.44 bits per heavy atom. The molecule has 0 aliphatic rings. The number of benzene rings is 5. The van der Waals surface area contributed by atoms with Crippen molar-refractivity contribution in [2.45, 2.75) is 6.61 Å². The molecule has 0 radical (unpaired) electrons. The lowest BCUT2D eigenvalue weighted by atomic mass is 10.0. The summed E-state index contributed by atoms with van der Waals surface area (Å²) in [5.74, 6) is 0.248. The maximum Gasteiger partial charge on any atom is 0.272 e. The molecule has 0 unspecified atom stereocenters. The topological polar surface area (TPSA) is 87.4 Å². The van der Waals surface area contributed by atoms with E-state index in [1.165, 1.54) is 0 Å². The highest BCUT2D eigenvalue weighted by Crippen LogP contribution is 2.28. The number of rotatable bonds is 7. The molecule has 0 spiro atoms. The molecular weight excluding hydrogens is 508 g/mol. The third-order valence-electron chi connectivity index (χ3n) is 6.84. The summed E-state index contributed by atoms with van der Waals surface area (Å²) < 4.78 is 6.18. The summed E-state index contributed by atoms with van der Waals surface area (Å²) in [7, 11) is 0. The summed E-state index contributed by atoms with van der Waals surface area (Å²) in [6.45, 7) is 0.223. The van der Waals surface area contributed by atoms with Gasteiger partial charge < -0.3 is 4.74 Å². The number of hydrazone groups is 1. The van der Waals surface area contributed by atoms with Crippen molar-refractivity contribution in [2.24, 2.45) is 5.10 Å². The Labute approximate surface area is 237 Å². The fourth-order valence-corrected chi connectivity index (χ4v) is 4.78. The van der Waals surface area contributed by atoms with Crippen LogP contribution >= 0.6 is 0 Å². The van der Waals surface area contributed by atoms with Gasteiger partial charge in [-0.1, -0.05) is 97.1 Å². The molecular formula is C35H24N4O2. The van der Waals surface area contributed by atoms with Gasteiger partial charge in [-0.15, -0.1) is 0 Å². The van der Waals surface area contributed by atoms with Crippen molar-refractivity contribution in [2.75, 3.05) is 0 Å². The van der Waals surface area contributed by atoms with Crippen LogP contribution in [-0.4, -0.2) is 17.1 Å². The van der Waals surface area contributed by atoms with Gasteiger partial charge in [0.1, 0.15) is 12.4 Å². The highest BCUT2D eigenvalue weighted by atomic mass is 16.5. The summed E-state index contributed by atoms with van der Waals surface area (Å²) in [6, 6.07) is 40.4. The van der Waals surface area contributed by atoms with Crippen molar-refractivity contribution in [3.8, 4) is 23.1 Å². The predicted octanol–water partition coefficient (Wildman–Crippen LogP) is 7.27. The van der Waals surface area contributed by atoms with E-state index in [4.69, 9.17) is 9.72 Å². The number of carbonyl (C=O) groups is 1. The average Bonchev–Trinajstić information content (AvgIpc) is 3.04. The number of pyridine rings is 1. The largest absolute Gasteiger partial charge is 0.488 e. The maximum atomic E-state index is 13.4. The van der Waals surface area contributed by atoms with Gasteiger partial charge in [-0.2, -0.15) is 10.4 Å². The Kier molecular flexibility index (Phi) is 7.16. The maximum absolute atomic E-state index is 13.4. The first-order chi connectivity index (χ1) is 20.2. The lowest BCUT2D eigenvalue weighted by molar-refractivity contribution is 0.0956. The van der Waals surface area contributed by atoms with E-state index in [-0.39, 0.29) is 12.5 Å². The van der Waals surface area contributed by atoms with E-state index in [2.05, 4.69) is 16.6 Å². The van der Waals surface area contributed by atoms with E-state index >= 15 is 0 Å². The van der Waals surface area contributed by atoms with Crippen molar-refractivity contribution in [3.05, 3.63) is 144 Å². The summed E-state index contributed by atoms with van der Waals surface area (Å²) in [5, 5.41) is 16.5.